The average molecular weight is 367 g/mol. The third-order valence-corrected chi connectivity index (χ3v) is 4.44. The van der Waals surface area contributed by atoms with Crippen molar-refractivity contribution in [2.75, 3.05) is 33.4 Å². The maximum atomic E-state index is 10.4. The van der Waals surface area contributed by atoms with Gasteiger partial charge in [0.15, 0.2) is 0 Å². The molecule has 0 unspecified atom stereocenters. The Morgan fingerprint density at radius 2 is 1.48 bits per heavy atom. The molecule has 0 saturated carbocycles. The van der Waals surface area contributed by atoms with Gasteiger partial charge in [0.25, 0.3) is 10.1 Å². The van der Waals surface area contributed by atoms with Crippen molar-refractivity contribution >= 4 is 20.2 Å². The van der Waals surface area contributed by atoms with Crippen LogP contribution in [-0.4, -0.2) is 63.9 Å². The minimum atomic E-state index is -4.27. The summed E-state index contributed by atoms with van der Waals surface area (Å²) in [5, 5.41) is 0. The molecule has 134 valence electrons. The highest BCUT2D eigenvalue weighted by molar-refractivity contribution is 7.86. The standard InChI is InChI=1S/C7H17NO3S.C7H8O3S/c1-8(2,3)6-4-5-7-12(9,10)11;1-6-2-4-7(5-3-6)11(8,9)10/h4-7H2,1-3H3;2-5H,1H3,(H,8,9,10). The Kier molecular flexibility index (Phi) is 8.36. The van der Waals surface area contributed by atoms with Gasteiger partial charge in [0.2, 0.25) is 0 Å². The monoisotopic (exact) mass is 367 g/mol. The van der Waals surface area contributed by atoms with Crippen molar-refractivity contribution in [3.8, 4) is 0 Å². The highest BCUT2D eigenvalue weighted by Crippen LogP contribution is 2.08. The minimum absolute atomic E-state index is 0.118. The SMILES string of the molecule is C[N+](C)(C)CCCCS(=O)(=O)O.Cc1ccc(S(=O)(=O)[O-])cc1. The summed E-state index contributed by atoms with van der Waals surface area (Å²) in [7, 11) is -1.87. The maximum Gasteiger partial charge on any atom is 0.264 e. The Hall–Kier alpha value is -1.00. The number of quaternary nitrogens is 1. The van der Waals surface area contributed by atoms with Gasteiger partial charge in [-0.3, -0.25) is 4.55 Å². The van der Waals surface area contributed by atoms with Crippen LogP contribution in [0.25, 0.3) is 0 Å². The summed E-state index contributed by atoms with van der Waals surface area (Å²) in [6, 6.07) is 5.78. The fraction of sp³-hybridized carbons (Fsp3) is 0.571. The van der Waals surface area contributed by atoms with Crippen LogP contribution in [0, 0.1) is 6.92 Å². The van der Waals surface area contributed by atoms with Gasteiger partial charge in [-0.25, -0.2) is 8.42 Å². The second-order valence-corrected chi connectivity index (χ2v) is 9.23. The van der Waals surface area contributed by atoms with E-state index in [0.717, 1.165) is 23.0 Å². The smallest absolute Gasteiger partial charge is 0.264 e. The molecule has 9 heteroatoms. The van der Waals surface area contributed by atoms with Crippen LogP contribution in [0.1, 0.15) is 18.4 Å². The zero-order chi connectivity index (χ0) is 18.3. The predicted molar refractivity (Wildman–Crippen MR) is 87.7 cm³/mol. The normalized spacial score (nSPS) is 12.4. The van der Waals surface area contributed by atoms with Gasteiger partial charge in [0, 0.05) is 0 Å². The van der Waals surface area contributed by atoms with Crippen molar-refractivity contribution < 1.29 is 30.4 Å². The molecule has 0 aromatic heterocycles. The summed E-state index contributed by atoms with van der Waals surface area (Å²) in [6.07, 6.45) is 1.36. The summed E-state index contributed by atoms with van der Waals surface area (Å²) in [5.74, 6) is -0.118. The Bertz CT molecular complexity index is 673. The molecule has 0 fully saturated rings. The molecular weight excluding hydrogens is 342 g/mol. The van der Waals surface area contributed by atoms with Gasteiger partial charge < -0.3 is 9.04 Å². The fourth-order valence-electron chi connectivity index (χ4n) is 1.58. The second-order valence-electron chi connectivity index (χ2n) is 6.27. The van der Waals surface area contributed by atoms with Crippen LogP contribution >= 0.6 is 0 Å². The van der Waals surface area contributed by atoms with Crippen LogP contribution in [-0.2, 0) is 20.2 Å². The Morgan fingerprint density at radius 1 is 1.00 bits per heavy atom. The van der Waals surface area contributed by atoms with Crippen LogP contribution in [0.4, 0.5) is 0 Å². The molecule has 0 spiro atoms. The fourth-order valence-corrected chi connectivity index (χ4v) is 2.61. The summed E-state index contributed by atoms with van der Waals surface area (Å²) < 4.78 is 61.0. The van der Waals surface area contributed by atoms with Gasteiger partial charge in [-0.1, -0.05) is 17.7 Å². The number of aryl methyl sites for hydroxylation is 1. The first-order valence-electron chi connectivity index (χ1n) is 6.99. The topological polar surface area (TPSA) is 112 Å². The number of rotatable bonds is 6. The number of hydrogen-bond acceptors (Lipinski definition) is 5. The van der Waals surface area contributed by atoms with Gasteiger partial charge >= 0.3 is 0 Å². The van der Waals surface area contributed by atoms with Crippen molar-refractivity contribution in [3.63, 3.8) is 0 Å². The van der Waals surface area contributed by atoms with Gasteiger partial charge in [-0.2, -0.15) is 8.42 Å². The van der Waals surface area contributed by atoms with Gasteiger partial charge in [-0.15, -0.1) is 0 Å². The van der Waals surface area contributed by atoms with Crippen molar-refractivity contribution in [1.29, 1.82) is 0 Å². The molecule has 23 heavy (non-hydrogen) atoms. The lowest BCUT2D eigenvalue weighted by molar-refractivity contribution is -0.870. The molecule has 0 aliphatic rings. The van der Waals surface area contributed by atoms with Crippen LogP contribution in [0.15, 0.2) is 29.2 Å². The van der Waals surface area contributed by atoms with E-state index in [4.69, 9.17) is 4.55 Å². The molecule has 0 radical (unpaired) electrons. The van der Waals surface area contributed by atoms with Crippen LogP contribution in [0.5, 0.6) is 0 Å². The number of benzene rings is 1. The van der Waals surface area contributed by atoms with Crippen molar-refractivity contribution in [1.82, 2.24) is 0 Å². The molecule has 7 nitrogen and oxygen atoms in total. The first-order chi connectivity index (χ1) is 10.2. The van der Waals surface area contributed by atoms with Crippen LogP contribution in [0.2, 0.25) is 0 Å². The van der Waals surface area contributed by atoms with E-state index in [2.05, 4.69) is 0 Å². The van der Waals surface area contributed by atoms with E-state index in [9.17, 15) is 21.4 Å². The van der Waals surface area contributed by atoms with Crippen molar-refractivity contribution in [2.45, 2.75) is 24.7 Å². The third-order valence-electron chi connectivity index (χ3n) is 2.79. The number of nitrogens with zero attached hydrogens (tertiary/aromatic N) is 1. The van der Waals surface area contributed by atoms with Crippen molar-refractivity contribution in [2.24, 2.45) is 0 Å². The van der Waals surface area contributed by atoms with E-state index in [-0.39, 0.29) is 10.6 Å². The van der Waals surface area contributed by atoms with Crippen LogP contribution < -0.4 is 0 Å². The Balaban J connectivity index is 0.000000422. The third kappa shape index (κ3) is 13.2. The molecule has 0 atom stereocenters. The zero-order valence-electron chi connectivity index (χ0n) is 13.9. The zero-order valence-corrected chi connectivity index (χ0v) is 15.5. The lowest BCUT2D eigenvalue weighted by atomic mass is 10.2. The molecule has 1 rings (SSSR count). The highest BCUT2D eigenvalue weighted by atomic mass is 32.2. The molecular formula is C14H25NO6S2. The first-order valence-corrected chi connectivity index (χ1v) is 10.0. The summed E-state index contributed by atoms with van der Waals surface area (Å²) >= 11 is 0. The molecule has 1 aromatic rings. The molecule has 1 aromatic carbocycles. The number of hydrogen-bond donors (Lipinski definition) is 1. The van der Waals surface area contributed by atoms with Crippen molar-refractivity contribution in [3.05, 3.63) is 29.8 Å². The molecule has 0 aliphatic heterocycles. The molecule has 0 saturated heterocycles. The molecule has 1 N–H and O–H groups in total. The molecule has 0 amide bonds. The van der Waals surface area contributed by atoms with E-state index < -0.39 is 20.2 Å². The lowest BCUT2D eigenvalue weighted by Gasteiger charge is -2.23. The van der Waals surface area contributed by atoms with E-state index in [1.165, 1.54) is 12.1 Å². The molecule has 0 aliphatic carbocycles. The molecule has 0 bridgehead atoms. The molecule has 0 heterocycles. The summed E-state index contributed by atoms with van der Waals surface area (Å²) in [5.41, 5.74) is 0.928. The first kappa shape index (κ1) is 22.0. The quantitative estimate of drug-likeness (QED) is 0.460. The van der Waals surface area contributed by atoms with Crippen LogP contribution in [0.3, 0.4) is 0 Å². The summed E-state index contributed by atoms with van der Waals surface area (Å²) in [4.78, 5) is -0.178. The highest BCUT2D eigenvalue weighted by Gasteiger charge is 2.08. The second kappa shape index (κ2) is 8.74. The van der Waals surface area contributed by atoms with E-state index >= 15 is 0 Å². The average Bonchev–Trinajstić information content (AvgIpc) is 2.33. The Labute approximate surface area is 139 Å². The van der Waals surface area contributed by atoms with Gasteiger partial charge in [0.1, 0.15) is 10.1 Å². The Morgan fingerprint density at radius 3 is 1.83 bits per heavy atom. The number of unbranched alkanes of at least 4 members (excludes halogenated alkanes) is 1. The lowest BCUT2D eigenvalue weighted by Crippen LogP contribution is -2.35. The van der Waals surface area contributed by atoms with Gasteiger partial charge in [0.05, 0.1) is 38.3 Å². The maximum absolute atomic E-state index is 10.4. The predicted octanol–water partition coefficient (Wildman–Crippen LogP) is 1.26. The largest absolute Gasteiger partial charge is 0.744 e. The summed E-state index contributed by atoms with van der Waals surface area (Å²) in [6.45, 7) is 2.75. The van der Waals surface area contributed by atoms with E-state index in [1.807, 2.05) is 28.1 Å². The minimum Gasteiger partial charge on any atom is -0.744 e. The van der Waals surface area contributed by atoms with Gasteiger partial charge in [-0.05, 0) is 31.9 Å². The van der Waals surface area contributed by atoms with E-state index in [0.29, 0.717) is 6.42 Å². The van der Waals surface area contributed by atoms with E-state index in [1.54, 1.807) is 12.1 Å².